The second kappa shape index (κ2) is 8.99. The van der Waals surface area contributed by atoms with Crippen LogP contribution >= 0.6 is 11.3 Å². The number of benzene rings is 1. The molecule has 30 heavy (non-hydrogen) atoms. The Labute approximate surface area is 181 Å². The van der Waals surface area contributed by atoms with Gasteiger partial charge in [-0.15, -0.1) is 11.3 Å². The summed E-state index contributed by atoms with van der Waals surface area (Å²) in [6.07, 6.45) is 3.34. The van der Waals surface area contributed by atoms with E-state index in [1.54, 1.807) is 17.0 Å². The van der Waals surface area contributed by atoms with Crippen LogP contribution in [0, 0.1) is 5.92 Å². The first kappa shape index (κ1) is 21.2. The molecule has 2 aromatic rings. The van der Waals surface area contributed by atoms with Gasteiger partial charge in [-0.3, -0.25) is 9.59 Å². The predicted molar refractivity (Wildman–Crippen MR) is 116 cm³/mol. The number of carbonyl (C=O) groups excluding carboxylic acids is 2. The van der Waals surface area contributed by atoms with Crippen molar-refractivity contribution in [1.29, 1.82) is 0 Å². The fourth-order valence-electron chi connectivity index (χ4n) is 4.14. The number of Topliss-reactive ketones (excluding diaryl/α,β-unsaturated/α-hetero) is 1. The molecule has 0 unspecified atom stereocenters. The summed E-state index contributed by atoms with van der Waals surface area (Å²) >= 11 is 1.19. The van der Waals surface area contributed by atoms with E-state index < -0.39 is 10.0 Å². The molecule has 1 aromatic heterocycles. The van der Waals surface area contributed by atoms with Crippen molar-refractivity contribution in [3.05, 3.63) is 52.9 Å². The summed E-state index contributed by atoms with van der Waals surface area (Å²) in [4.78, 5) is 27.9. The number of ketones is 1. The molecule has 6 nitrogen and oxygen atoms in total. The number of likely N-dealkylation sites (tertiary alicyclic amines) is 1. The third-order valence-electron chi connectivity index (χ3n) is 5.90. The predicted octanol–water partition coefficient (Wildman–Crippen LogP) is 3.20. The first-order valence-corrected chi connectivity index (χ1v) is 12.7. The van der Waals surface area contributed by atoms with Gasteiger partial charge in [-0.1, -0.05) is 30.3 Å². The summed E-state index contributed by atoms with van der Waals surface area (Å²) in [7, 11) is -3.43. The maximum Gasteiger partial charge on any atom is 0.252 e. The van der Waals surface area contributed by atoms with Gasteiger partial charge in [-0.25, -0.2) is 8.42 Å². The third kappa shape index (κ3) is 4.50. The number of carbonyl (C=O) groups is 2. The Kier molecular flexibility index (Phi) is 6.36. The highest BCUT2D eigenvalue weighted by molar-refractivity contribution is 7.91. The molecule has 160 valence electrons. The van der Waals surface area contributed by atoms with Gasteiger partial charge in [0.05, 0.1) is 6.42 Å². The van der Waals surface area contributed by atoms with Crippen LogP contribution in [0.5, 0.6) is 0 Å². The molecular formula is C22H26N2O4S2. The van der Waals surface area contributed by atoms with Gasteiger partial charge in [0.1, 0.15) is 4.21 Å². The third-order valence-corrected chi connectivity index (χ3v) is 9.35. The minimum absolute atomic E-state index is 0.00687. The highest BCUT2D eigenvalue weighted by Crippen LogP contribution is 2.28. The van der Waals surface area contributed by atoms with E-state index in [4.69, 9.17) is 0 Å². The van der Waals surface area contributed by atoms with Gasteiger partial charge >= 0.3 is 0 Å². The number of sulfonamides is 1. The number of piperidine rings is 1. The van der Waals surface area contributed by atoms with Crippen LogP contribution in [-0.2, 0) is 21.2 Å². The molecule has 2 aliphatic heterocycles. The van der Waals surface area contributed by atoms with E-state index in [0.717, 1.165) is 23.3 Å². The number of amides is 1. The zero-order chi connectivity index (χ0) is 21.1. The second-order valence-corrected chi connectivity index (χ2v) is 11.2. The van der Waals surface area contributed by atoms with Crippen molar-refractivity contribution in [2.75, 3.05) is 26.2 Å². The van der Waals surface area contributed by atoms with E-state index >= 15 is 0 Å². The van der Waals surface area contributed by atoms with E-state index in [2.05, 4.69) is 0 Å². The van der Waals surface area contributed by atoms with Crippen LogP contribution in [0.1, 0.15) is 40.9 Å². The topological polar surface area (TPSA) is 74.8 Å². The number of rotatable bonds is 6. The van der Waals surface area contributed by atoms with Crippen molar-refractivity contribution in [1.82, 2.24) is 9.21 Å². The lowest BCUT2D eigenvalue weighted by Gasteiger charge is -2.31. The van der Waals surface area contributed by atoms with E-state index in [1.807, 2.05) is 30.3 Å². The molecule has 0 saturated carbocycles. The van der Waals surface area contributed by atoms with Crippen molar-refractivity contribution in [2.24, 2.45) is 5.92 Å². The molecule has 1 aromatic carbocycles. The van der Waals surface area contributed by atoms with Gasteiger partial charge in [0, 0.05) is 42.5 Å². The maximum absolute atomic E-state index is 12.7. The molecule has 2 fully saturated rings. The van der Waals surface area contributed by atoms with Crippen LogP contribution < -0.4 is 0 Å². The Morgan fingerprint density at radius 2 is 1.60 bits per heavy atom. The number of hydrogen-bond acceptors (Lipinski definition) is 5. The molecule has 4 rings (SSSR count). The van der Waals surface area contributed by atoms with Gasteiger partial charge in [-0.05, 0) is 37.8 Å². The molecule has 2 saturated heterocycles. The molecule has 1 amide bonds. The summed E-state index contributed by atoms with van der Waals surface area (Å²) in [5.41, 5.74) is 0.729. The van der Waals surface area contributed by atoms with Crippen LogP contribution in [0.3, 0.4) is 0 Å². The van der Waals surface area contributed by atoms with E-state index in [-0.39, 0.29) is 24.0 Å². The lowest BCUT2D eigenvalue weighted by molar-refractivity contribution is -0.131. The fraction of sp³-hybridized carbons (Fsp3) is 0.455. The average Bonchev–Trinajstić information content (AvgIpc) is 3.47. The van der Waals surface area contributed by atoms with Crippen LogP contribution in [0.4, 0.5) is 0 Å². The van der Waals surface area contributed by atoms with E-state index in [9.17, 15) is 18.0 Å². The smallest absolute Gasteiger partial charge is 0.252 e. The van der Waals surface area contributed by atoms with Crippen LogP contribution in [0.25, 0.3) is 0 Å². The Morgan fingerprint density at radius 3 is 2.27 bits per heavy atom. The Morgan fingerprint density at radius 1 is 0.933 bits per heavy atom. The first-order valence-electron chi connectivity index (χ1n) is 10.4. The fourth-order valence-corrected chi connectivity index (χ4v) is 7.16. The summed E-state index contributed by atoms with van der Waals surface area (Å²) in [6.45, 7) is 2.27. The molecule has 8 heteroatoms. The zero-order valence-electron chi connectivity index (χ0n) is 16.8. The Bertz CT molecular complexity index is 1000. The van der Waals surface area contributed by atoms with Crippen LogP contribution in [0.2, 0.25) is 0 Å². The summed E-state index contributed by atoms with van der Waals surface area (Å²) < 4.78 is 27.2. The largest absolute Gasteiger partial charge is 0.342 e. The lowest BCUT2D eigenvalue weighted by atomic mass is 9.89. The Hall–Kier alpha value is -2.03. The van der Waals surface area contributed by atoms with Gasteiger partial charge in [-0.2, -0.15) is 4.31 Å². The molecule has 0 aliphatic carbocycles. The van der Waals surface area contributed by atoms with Gasteiger partial charge in [0.25, 0.3) is 10.0 Å². The minimum atomic E-state index is -3.43. The molecule has 0 N–H and O–H groups in total. The van der Waals surface area contributed by atoms with Crippen molar-refractivity contribution in [3.63, 3.8) is 0 Å². The van der Waals surface area contributed by atoms with Gasteiger partial charge in [0.15, 0.2) is 5.78 Å². The molecule has 0 radical (unpaired) electrons. The van der Waals surface area contributed by atoms with E-state index in [0.29, 0.717) is 43.2 Å². The van der Waals surface area contributed by atoms with Crippen LogP contribution in [0.15, 0.2) is 46.7 Å². The summed E-state index contributed by atoms with van der Waals surface area (Å²) in [5, 5.41) is 0. The van der Waals surface area contributed by atoms with Gasteiger partial charge < -0.3 is 4.90 Å². The minimum Gasteiger partial charge on any atom is -0.342 e. The first-order chi connectivity index (χ1) is 14.4. The number of thiophene rings is 1. The standard InChI is InChI=1S/C22H26N2O4S2/c25-20(16-19-8-9-21(29-19)30(27,28)24-12-4-5-13-24)23-14-10-18(11-15-23)22(26)17-6-2-1-3-7-17/h1-3,6-9,18H,4-5,10-16H2. The molecule has 2 aliphatic rings. The molecule has 0 bridgehead atoms. The Balaban J connectivity index is 1.32. The second-order valence-electron chi connectivity index (χ2n) is 7.89. The van der Waals surface area contributed by atoms with Crippen molar-refractivity contribution >= 4 is 33.1 Å². The molecular weight excluding hydrogens is 420 g/mol. The molecule has 3 heterocycles. The number of hydrogen-bond donors (Lipinski definition) is 0. The number of nitrogens with zero attached hydrogens (tertiary/aromatic N) is 2. The van der Waals surface area contributed by atoms with E-state index in [1.165, 1.54) is 15.6 Å². The highest BCUT2D eigenvalue weighted by Gasteiger charge is 2.30. The van der Waals surface area contributed by atoms with Crippen molar-refractivity contribution in [3.8, 4) is 0 Å². The zero-order valence-corrected chi connectivity index (χ0v) is 18.5. The SMILES string of the molecule is O=C(c1ccccc1)C1CCN(C(=O)Cc2ccc(S(=O)(=O)N3CCCC3)s2)CC1. The summed E-state index contributed by atoms with van der Waals surface area (Å²) in [5.74, 6) is 0.0979. The summed E-state index contributed by atoms with van der Waals surface area (Å²) in [6, 6.07) is 12.7. The highest BCUT2D eigenvalue weighted by atomic mass is 32.2. The quantitative estimate of drug-likeness (QED) is 0.639. The van der Waals surface area contributed by atoms with Gasteiger partial charge in [0.2, 0.25) is 5.91 Å². The lowest BCUT2D eigenvalue weighted by Crippen LogP contribution is -2.40. The van der Waals surface area contributed by atoms with Crippen LogP contribution in [-0.4, -0.2) is 55.5 Å². The average molecular weight is 447 g/mol. The maximum atomic E-state index is 12.7. The normalized spacial score (nSPS) is 18.6. The van der Waals surface area contributed by atoms with Crippen molar-refractivity contribution in [2.45, 2.75) is 36.3 Å². The van der Waals surface area contributed by atoms with Crippen molar-refractivity contribution < 1.29 is 18.0 Å². The monoisotopic (exact) mass is 446 g/mol. The molecule has 0 atom stereocenters. The molecule has 0 spiro atoms.